The van der Waals surface area contributed by atoms with E-state index in [0.29, 0.717) is 15.6 Å². The number of benzene rings is 1. The third-order valence-electron chi connectivity index (χ3n) is 5.73. The number of H-pyrrole nitrogens is 1. The van der Waals surface area contributed by atoms with E-state index in [1.807, 2.05) is 0 Å². The number of amides is 1. The van der Waals surface area contributed by atoms with Gasteiger partial charge in [0.05, 0.1) is 28.8 Å². The molecule has 0 saturated carbocycles. The number of carbonyl (C=O) groups is 1. The Balaban J connectivity index is 1.53. The van der Waals surface area contributed by atoms with Gasteiger partial charge in [-0.1, -0.05) is 6.07 Å². The predicted molar refractivity (Wildman–Crippen MR) is 121 cm³/mol. The molecule has 2 atom stereocenters. The molecular formula is C21H17F3N6O4S. The monoisotopic (exact) mass is 506 g/mol. The molecule has 4 N–H and O–H groups in total. The number of aromatic amines is 1. The summed E-state index contributed by atoms with van der Waals surface area (Å²) in [5, 5.41) is 12.1. The van der Waals surface area contributed by atoms with E-state index in [1.165, 1.54) is 13.0 Å². The fourth-order valence-corrected chi connectivity index (χ4v) is 4.81. The third-order valence-corrected chi connectivity index (χ3v) is 6.62. The Hall–Kier alpha value is -3.62. The maximum absolute atomic E-state index is 13.2. The van der Waals surface area contributed by atoms with Crippen LogP contribution < -0.4 is 16.2 Å². The molecule has 35 heavy (non-hydrogen) atoms. The highest BCUT2D eigenvalue weighted by Crippen LogP contribution is 2.34. The number of ether oxygens (including phenoxy) is 1. The van der Waals surface area contributed by atoms with E-state index in [-0.39, 0.29) is 36.0 Å². The maximum atomic E-state index is 13.2. The molecule has 4 heterocycles. The normalized spacial score (nSPS) is 18.8. The topological polar surface area (TPSA) is 147 Å². The molecule has 10 nitrogen and oxygen atoms in total. The number of alkyl halides is 3. The van der Waals surface area contributed by atoms with Gasteiger partial charge in [-0.05, 0) is 42.7 Å². The Morgan fingerprint density at radius 2 is 2.00 bits per heavy atom. The van der Waals surface area contributed by atoms with Crippen molar-refractivity contribution >= 4 is 50.1 Å². The molecule has 182 valence electrons. The molecule has 1 amide bonds. The molecule has 1 aromatic carbocycles. The number of hydrogen-bond donors (Lipinski definition) is 3. The Bertz CT molecular complexity index is 1530. The molecule has 3 aromatic heterocycles. The molecular weight excluding hydrogens is 489 g/mol. The summed E-state index contributed by atoms with van der Waals surface area (Å²) in [6.07, 6.45) is -6.27. The minimum absolute atomic E-state index is 0.0772. The van der Waals surface area contributed by atoms with Gasteiger partial charge < -0.3 is 20.6 Å². The summed E-state index contributed by atoms with van der Waals surface area (Å²) in [7, 11) is 0. The first-order valence-corrected chi connectivity index (χ1v) is 11.0. The molecule has 1 saturated heterocycles. The zero-order valence-electron chi connectivity index (χ0n) is 18.0. The van der Waals surface area contributed by atoms with Crippen LogP contribution in [0.25, 0.3) is 21.0 Å². The van der Waals surface area contributed by atoms with Gasteiger partial charge in [0.2, 0.25) is 0 Å². The third kappa shape index (κ3) is 3.79. The average Bonchev–Trinajstić information content (AvgIpc) is 3.19. The highest BCUT2D eigenvalue weighted by molar-refractivity contribution is 7.14. The van der Waals surface area contributed by atoms with Crippen LogP contribution >= 0.6 is 11.5 Å². The summed E-state index contributed by atoms with van der Waals surface area (Å²) in [4.78, 5) is 37.5. The minimum Gasteiger partial charge on any atom is -0.382 e. The summed E-state index contributed by atoms with van der Waals surface area (Å²) in [6.45, 7) is 1.06. The van der Waals surface area contributed by atoms with Crippen LogP contribution in [0.4, 0.5) is 24.8 Å². The van der Waals surface area contributed by atoms with E-state index in [1.54, 1.807) is 12.1 Å². The van der Waals surface area contributed by atoms with Gasteiger partial charge >= 0.3 is 6.18 Å². The van der Waals surface area contributed by atoms with Crippen LogP contribution in [0.2, 0.25) is 0 Å². The largest absolute Gasteiger partial charge is 0.433 e. The lowest BCUT2D eigenvalue weighted by atomic mass is 9.95. The standard InChI is InChI=1S/C21H17F3N6O4S/c1-20(33,19-26-10-6-5-9-14(35-29-16(9)25)13(10)17(31)28-19)15-18(32)30(7-8-34-15)12-4-2-3-11(27-12)21(22,23)24/h2-6,15,33H,7-8H2,1H3,(H2,25,29)(H,26,28,31)/t15-,20-/m0/s1. The number of fused-ring (bicyclic) bond motifs is 3. The number of carbonyl (C=O) groups excluding carboxylic acids is 1. The lowest BCUT2D eigenvalue weighted by Crippen LogP contribution is -2.57. The van der Waals surface area contributed by atoms with Crippen LogP contribution in [-0.4, -0.2) is 49.6 Å². The van der Waals surface area contributed by atoms with Crippen molar-refractivity contribution in [3.8, 4) is 0 Å². The van der Waals surface area contributed by atoms with E-state index in [2.05, 4.69) is 19.3 Å². The van der Waals surface area contributed by atoms with Crippen LogP contribution in [0.1, 0.15) is 18.4 Å². The van der Waals surface area contributed by atoms with Crippen molar-refractivity contribution in [2.24, 2.45) is 0 Å². The van der Waals surface area contributed by atoms with Gasteiger partial charge in [-0.25, -0.2) is 4.98 Å². The lowest BCUT2D eigenvalue weighted by molar-refractivity contribution is -0.158. The van der Waals surface area contributed by atoms with E-state index < -0.39 is 35.0 Å². The van der Waals surface area contributed by atoms with E-state index in [4.69, 9.17) is 10.5 Å². The molecule has 0 unspecified atom stereocenters. The summed E-state index contributed by atoms with van der Waals surface area (Å²) < 4.78 is 49.4. The molecule has 0 bridgehead atoms. The number of nitrogens with two attached hydrogens (primary N) is 1. The zero-order chi connectivity index (χ0) is 25.1. The number of halogens is 3. The first-order chi connectivity index (χ1) is 16.5. The van der Waals surface area contributed by atoms with Gasteiger partial charge in [-0.15, -0.1) is 0 Å². The summed E-state index contributed by atoms with van der Waals surface area (Å²) in [5.74, 6) is -1.04. The van der Waals surface area contributed by atoms with Crippen molar-refractivity contribution < 1.29 is 27.8 Å². The van der Waals surface area contributed by atoms with Crippen LogP contribution in [-0.2, 0) is 21.3 Å². The fourth-order valence-electron chi connectivity index (χ4n) is 3.96. The van der Waals surface area contributed by atoms with E-state index in [9.17, 15) is 27.9 Å². The molecule has 5 rings (SSSR count). The highest BCUT2D eigenvalue weighted by Gasteiger charge is 2.47. The molecule has 4 aromatic rings. The van der Waals surface area contributed by atoms with Gasteiger partial charge in [-0.3, -0.25) is 14.5 Å². The quantitative estimate of drug-likeness (QED) is 0.383. The minimum atomic E-state index is -4.70. The summed E-state index contributed by atoms with van der Waals surface area (Å²) in [6, 6.07) is 6.42. The second kappa shape index (κ2) is 7.96. The van der Waals surface area contributed by atoms with Gasteiger partial charge in [0, 0.05) is 5.39 Å². The van der Waals surface area contributed by atoms with Crippen LogP contribution in [0.3, 0.4) is 0 Å². The van der Waals surface area contributed by atoms with Crippen LogP contribution in [0.15, 0.2) is 35.1 Å². The SMILES string of the molecule is C[C@@](O)(c1nc(=O)c2c(ccc3c(N)nsc32)[nH]1)[C@H]1OCCN(c2cccc(C(F)(F)F)n2)C1=O. The van der Waals surface area contributed by atoms with Crippen LogP contribution in [0.5, 0.6) is 0 Å². The number of nitrogen functional groups attached to an aromatic ring is 1. The molecule has 1 aliphatic heterocycles. The second-order valence-electron chi connectivity index (χ2n) is 8.09. The van der Waals surface area contributed by atoms with Crippen molar-refractivity contribution in [2.45, 2.75) is 24.8 Å². The Kier molecular flexibility index (Phi) is 5.27. The number of nitrogens with one attached hydrogen (secondary N) is 1. The van der Waals surface area contributed by atoms with Crippen molar-refractivity contribution in [1.82, 2.24) is 19.3 Å². The van der Waals surface area contributed by atoms with Gasteiger partial charge in [0.1, 0.15) is 23.2 Å². The van der Waals surface area contributed by atoms with Gasteiger partial charge in [-0.2, -0.15) is 22.5 Å². The maximum Gasteiger partial charge on any atom is 0.433 e. The zero-order valence-corrected chi connectivity index (χ0v) is 18.8. The average molecular weight is 506 g/mol. The smallest absolute Gasteiger partial charge is 0.382 e. The number of anilines is 2. The predicted octanol–water partition coefficient (Wildman–Crippen LogP) is 2.17. The molecule has 0 aliphatic carbocycles. The number of aliphatic hydroxyl groups is 1. The number of pyridine rings is 1. The number of hydrogen-bond acceptors (Lipinski definition) is 9. The second-order valence-corrected chi connectivity index (χ2v) is 8.86. The van der Waals surface area contributed by atoms with Gasteiger partial charge in [0.15, 0.2) is 11.7 Å². The molecule has 14 heteroatoms. The van der Waals surface area contributed by atoms with Crippen molar-refractivity contribution in [2.75, 3.05) is 23.8 Å². The number of aromatic nitrogens is 4. The van der Waals surface area contributed by atoms with Crippen molar-refractivity contribution in [3.05, 3.63) is 52.2 Å². The van der Waals surface area contributed by atoms with Crippen molar-refractivity contribution in [3.63, 3.8) is 0 Å². The number of morpholine rings is 1. The Morgan fingerprint density at radius 1 is 1.23 bits per heavy atom. The lowest BCUT2D eigenvalue weighted by Gasteiger charge is -2.38. The molecule has 0 radical (unpaired) electrons. The highest BCUT2D eigenvalue weighted by atomic mass is 32.1. The summed E-state index contributed by atoms with van der Waals surface area (Å²) >= 11 is 1.03. The number of rotatable bonds is 3. The molecule has 0 spiro atoms. The Morgan fingerprint density at radius 3 is 2.74 bits per heavy atom. The van der Waals surface area contributed by atoms with Crippen molar-refractivity contribution in [1.29, 1.82) is 0 Å². The molecule has 1 aliphatic rings. The fraction of sp³-hybridized carbons (Fsp3) is 0.286. The van der Waals surface area contributed by atoms with E-state index in [0.717, 1.165) is 28.6 Å². The summed E-state index contributed by atoms with van der Waals surface area (Å²) in [5.41, 5.74) is 2.18. The van der Waals surface area contributed by atoms with Crippen LogP contribution in [0, 0.1) is 0 Å². The number of nitrogens with zero attached hydrogens (tertiary/aromatic N) is 4. The van der Waals surface area contributed by atoms with E-state index >= 15 is 0 Å². The first-order valence-electron chi connectivity index (χ1n) is 10.3. The Labute approximate surface area is 198 Å². The molecule has 1 fully saturated rings. The van der Waals surface area contributed by atoms with Gasteiger partial charge in [0.25, 0.3) is 11.5 Å². The first kappa shape index (κ1) is 23.1.